The third-order valence-electron chi connectivity index (χ3n) is 4.23. The van der Waals surface area contributed by atoms with Crippen LogP contribution in [0.15, 0.2) is 23.6 Å². The van der Waals surface area contributed by atoms with Crippen LogP contribution in [0.1, 0.15) is 36.8 Å². The fourth-order valence-electron chi connectivity index (χ4n) is 3.15. The lowest BCUT2D eigenvalue weighted by molar-refractivity contribution is -0.113. The average Bonchev–Trinajstić information content (AvgIpc) is 3.27. The molecule has 1 aliphatic rings. The number of aromatic nitrogens is 4. The normalized spacial score (nSPS) is 13.6. The van der Waals surface area contributed by atoms with E-state index in [2.05, 4.69) is 20.4 Å². The van der Waals surface area contributed by atoms with E-state index in [1.165, 1.54) is 28.6 Å². The summed E-state index contributed by atoms with van der Waals surface area (Å²) in [5.41, 5.74) is 1.39. The van der Waals surface area contributed by atoms with Crippen LogP contribution in [-0.4, -0.2) is 31.4 Å². The molecule has 130 valence electrons. The van der Waals surface area contributed by atoms with Crippen LogP contribution in [0.5, 0.6) is 0 Å². The van der Waals surface area contributed by atoms with Gasteiger partial charge in [-0.15, -0.1) is 11.3 Å². The van der Waals surface area contributed by atoms with Gasteiger partial charge < -0.3 is 5.32 Å². The number of thiophene rings is 1. The van der Waals surface area contributed by atoms with Crippen molar-refractivity contribution < 1.29 is 4.79 Å². The number of carbonyl (C=O) groups is 1. The van der Waals surface area contributed by atoms with Gasteiger partial charge in [-0.1, -0.05) is 11.8 Å². The topological polar surface area (TPSA) is 72.7 Å². The maximum absolute atomic E-state index is 12.4. The molecule has 1 amide bonds. The van der Waals surface area contributed by atoms with Gasteiger partial charge in [-0.2, -0.15) is 5.10 Å². The van der Waals surface area contributed by atoms with Crippen LogP contribution < -0.4 is 5.32 Å². The summed E-state index contributed by atoms with van der Waals surface area (Å²) < 4.78 is 1.80. The Morgan fingerprint density at radius 3 is 3.12 bits per heavy atom. The van der Waals surface area contributed by atoms with Crippen LogP contribution in [0.2, 0.25) is 0 Å². The summed E-state index contributed by atoms with van der Waals surface area (Å²) in [4.78, 5) is 23.7. The van der Waals surface area contributed by atoms with Crippen molar-refractivity contribution in [1.82, 2.24) is 19.7 Å². The largest absolute Gasteiger partial charge is 0.310 e. The van der Waals surface area contributed by atoms with Gasteiger partial charge in [-0.25, -0.2) is 14.6 Å². The van der Waals surface area contributed by atoms with Crippen LogP contribution in [0, 0.1) is 0 Å². The molecule has 4 rings (SSSR count). The SMILES string of the molecule is CC(C)n1nccc1NC(=O)CSc1ncnc2sc3c(c12)CCC3. The summed E-state index contributed by atoms with van der Waals surface area (Å²) in [6, 6.07) is 2.02. The first-order valence-corrected chi connectivity index (χ1v) is 10.1. The lowest BCUT2D eigenvalue weighted by Gasteiger charge is -2.11. The third kappa shape index (κ3) is 3.16. The number of aryl methyl sites for hydroxylation is 2. The van der Waals surface area contributed by atoms with Crippen molar-refractivity contribution in [2.45, 2.75) is 44.2 Å². The summed E-state index contributed by atoms with van der Waals surface area (Å²) in [6.45, 7) is 4.07. The molecule has 0 aliphatic heterocycles. The zero-order chi connectivity index (χ0) is 17.4. The number of nitrogens with zero attached hydrogens (tertiary/aromatic N) is 4. The number of thioether (sulfide) groups is 1. The molecule has 0 saturated heterocycles. The Hall–Kier alpha value is -1.93. The maximum Gasteiger partial charge on any atom is 0.235 e. The van der Waals surface area contributed by atoms with Gasteiger partial charge in [0.05, 0.1) is 11.9 Å². The van der Waals surface area contributed by atoms with Crippen LogP contribution in [0.4, 0.5) is 5.82 Å². The second kappa shape index (κ2) is 6.76. The second-order valence-corrected chi connectivity index (χ2v) is 8.36. The zero-order valence-corrected chi connectivity index (χ0v) is 15.8. The van der Waals surface area contributed by atoms with Crippen LogP contribution in [-0.2, 0) is 17.6 Å². The van der Waals surface area contributed by atoms with Gasteiger partial charge >= 0.3 is 0 Å². The molecule has 0 radical (unpaired) electrons. The average molecular weight is 374 g/mol. The summed E-state index contributed by atoms with van der Waals surface area (Å²) in [6.07, 6.45) is 6.74. The first kappa shape index (κ1) is 16.5. The van der Waals surface area contributed by atoms with Crippen molar-refractivity contribution in [3.05, 3.63) is 29.0 Å². The lowest BCUT2D eigenvalue weighted by Crippen LogP contribution is -2.18. The summed E-state index contributed by atoms with van der Waals surface area (Å²) in [7, 11) is 0. The molecule has 0 aromatic carbocycles. The highest BCUT2D eigenvalue weighted by Gasteiger charge is 2.21. The molecule has 3 aromatic rings. The quantitative estimate of drug-likeness (QED) is 0.545. The number of fused-ring (bicyclic) bond motifs is 3. The Labute approximate surface area is 154 Å². The van der Waals surface area contributed by atoms with Crippen LogP contribution in [0.25, 0.3) is 10.2 Å². The van der Waals surface area contributed by atoms with Gasteiger partial charge in [0, 0.05) is 22.4 Å². The molecule has 6 nitrogen and oxygen atoms in total. The Morgan fingerprint density at radius 2 is 2.28 bits per heavy atom. The number of carbonyl (C=O) groups excluding carboxylic acids is 1. The number of amides is 1. The van der Waals surface area contributed by atoms with Crippen molar-refractivity contribution >= 4 is 45.0 Å². The first-order valence-electron chi connectivity index (χ1n) is 8.35. The molecule has 1 N–H and O–H groups in total. The number of hydrogen-bond donors (Lipinski definition) is 1. The van der Waals surface area contributed by atoms with Crippen molar-refractivity contribution in [2.75, 3.05) is 11.1 Å². The standard InChI is InChI=1S/C17H19N5OS2/c1-10(2)22-13(6-7-20-22)21-14(23)8-24-16-15-11-4-3-5-12(11)25-17(15)19-9-18-16/h6-7,9-10H,3-5,8H2,1-2H3,(H,21,23). The second-order valence-electron chi connectivity index (χ2n) is 6.31. The number of rotatable bonds is 5. The van der Waals surface area contributed by atoms with E-state index in [0.29, 0.717) is 5.75 Å². The summed E-state index contributed by atoms with van der Waals surface area (Å²) in [5, 5.41) is 9.24. The Kier molecular flexibility index (Phi) is 4.47. The summed E-state index contributed by atoms with van der Waals surface area (Å²) >= 11 is 3.25. The molecule has 3 heterocycles. The van der Waals surface area contributed by atoms with Gasteiger partial charge in [-0.05, 0) is 38.7 Å². The highest BCUT2D eigenvalue weighted by atomic mass is 32.2. The Morgan fingerprint density at radius 1 is 1.40 bits per heavy atom. The highest BCUT2D eigenvalue weighted by Crippen LogP contribution is 2.39. The van der Waals surface area contributed by atoms with Crippen LogP contribution in [0.3, 0.4) is 0 Å². The molecule has 3 aromatic heterocycles. The van der Waals surface area contributed by atoms with Crippen molar-refractivity contribution in [1.29, 1.82) is 0 Å². The number of anilines is 1. The Bertz CT molecular complexity index is 930. The van der Waals surface area contributed by atoms with E-state index in [0.717, 1.165) is 33.9 Å². The molecule has 0 fully saturated rings. The van der Waals surface area contributed by atoms with E-state index in [1.807, 2.05) is 19.9 Å². The molecule has 0 atom stereocenters. The van der Waals surface area contributed by atoms with Crippen molar-refractivity contribution in [3.63, 3.8) is 0 Å². The molecule has 0 saturated carbocycles. The monoisotopic (exact) mass is 373 g/mol. The third-order valence-corrected chi connectivity index (χ3v) is 6.42. The fraction of sp³-hybridized carbons (Fsp3) is 0.412. The molecule has 25 heavy (non-hydrogen) atoms. The Balaban J connectivity index is 1.49. The van der Waals surface area contributed by atoms with E-state index >= 15 is 0 Å². The van der Waals surface area contributed by atoms with Gasteiger partial charge in [0.15, 0.2) is 0 Å². The number of hydrogen-bond acceptors (Lipinski definition) is 6. The molecular weight excluding hydrogens is 354 g/mol. The van der Waals surface area contributed by atoms with Crippen molar-refractivity contribution in [3.8, 4) is 0 Å². The number of nitrogens with one attached hydrogen (secondary N) is 1. The van der Waals surface area contributed by atoms with Gasteiger partial charge in [0.1, 0.15) is 22.0 Å². The predicted octanol–water partition coefficient (Wildman–Crippen LogP) is 3.69. The summed E-state index contributed by atoms with van der Waals surface area (Å²) in [5.74, 6) is 0.996. The molecule has 0 unspecified atom stereocenters. The molecule has 0 spiro atoms. The highest BCUT2D eigenvalue weighted by molar-refractivity contribution is 8.00. The minimum Gasteiger partial charge on any atom is -0.310 e. The van der Waals surface area contributed by atoms with Crippen LogP contribution >= 0.6 is 23.1 Å². The maximum atomic E-state index is 12.4. The molecular formula is C17H19N5OS2. The molecule has 1 aliphatic carbocycles. The minimum absolute atomic E-state index is 0.0500. The van der Waals surface area contributed by atoms with E-state index < -0.39 is 0 Å². The zero-order valence-electron chi connectivity index (χ0n) is 14.2. The molecule has 8 heteroatoms. The van der Waals surface area contributed by atoms with E-state index in [9.17, 15) is 4.79 Å². The van der Waals surface area contributed by atoms with E-state index in [4.69, 9.17) is 0 Å². The van der Waals surface area contributed by atoms with Crippen molar-refractivity contribution in [2.24, 2.45) is 0 Å². The van der Waals surface area contributed by atoms with Gasteiger partial charge in [-0.3, -0.25) is 4.79 Å². The lowest BCUT2D eigenvalue weighted by atomic mass is 10.2. The van der Waals surface area contributed by atoms with Gasteiger partial charge in [0.25, 0.3) is 0 Å². The van der Waals surface area contributed by atoms with E-state index in [1.54, 1.807) is 28.5 Å². The fourth-order valence-corrected chi connectivity index (χ4v) is 5.27. The van der Waals surface area contributed by atoms with E-state index in [-0.39, 0.29) is 11.9 Å². The first-order chi connectivity index (χ1) is 12.1. The smallest absolute Gasteiger partial charge is 0.235 e. The molecule has 0 bridgehead atoms. The predicted molar refractivity (Wildman–Crippen MR) is 101 cm³/mol. The van der Waals surface area contributed by atoms with Gasteiger partial charge in [0.2, 0.25) is 5.91 Å². The minimum atomic E-state index is -0.0500.